The minimum absolute atomic E-state index is 0.209. The van der Waals surface area contributed by atoms with Gasteiger partial charge >= 0.3 is 0 Å². The van der Waals surface area contributed by atoms with Crippen molar-refractivity contribution >= 4 is 10.8 Å². The van der Waals surface area contributed by atoms with E-state index in [-0.39, 0.29) is 11.0 Å². The standard InChI is InChI=1S/C14H14N4O2/c1-14(2,3)13-15-12(20-18-13)10-8-6-4-5-7-9(8)11(19)17-16-10/h4-7H,1-3H3,(H,17,19). The zero-order valence-corrected chi connectivity index (χ0v) is 11.5. The van der Waals surface area contributed by atoms with Crippen LogP contribution in [-0.4, -0.2) is 20.3 Å². The molecule has 1 N–H and O–H groups in total. The fraction of sp³-hybridized carbons (Fsp3) is 0.286. The number of fused-ring (bicyclic) bond motifs is 1. The van der Waals surface area contributed by atoms with Crippen LogP contribution in [0.5, 0.6) is 0 Å². The second kappa shape index (κ2) is 4.26. The normalized spacial score (nSPS) is 11.9. The molecule has 3 rings (SSSR count). The Kier molecular flexibility index (Phi) is 2.67. The lowest BCUT2D eigenvalue weighted by molar-refractivity contribution is 0.401. The summed E-state index contributed by atoms with van der Waals surface area (Å²) >= 11 is 0. The molecule has 0 amide bonds. The zero-order valence-electron chi connectivity index (χ0n) is 11.5. The van der Waals surface area contributed by atoms with Crippen LogP contribution >= 0.6 is 0 Å². The van der Waals surface area contributed by atoms with Crippen LogP contribution in [0, 0.1) is 0 Å². The number of aromatic amines is 1. The zero-order chi connectivity index (χ0) is 14.3. The lowest BCUT2D eigenvalue weighted by atomic mass is 9.96. The molecule has 3 aromatic rings. The molecule has 20 heavy (non-hydrogen) atoms. The third-order valence-corrected chi connectivity index (χ3v) is 3.00. The van der Waals surface area contributed by atoms with Crippen LogP contribution in [0.2, 0.25) is 0 Å². The monoisotopic (exact) mass is 270 g/mol. The summed E-state index contributed by atoms with van der Waals surface area (Å²) in [7, 11) is 0. The van der Waals surface area contributed by atoms with Gasteiger partial charge in [0.05, 0.1) is 5.39 Å². The van der Waals surface area contributed by atoms with E-state index >= 15 is 0 Å². The maximum Gasteiger partial charge on any atom is 0.279 e. The Morgan fingerprint density at radius 3 is 2.50 bits per heavy atom. The van der Waals surface area contributed by atoms with Gasteiger partial charge in [-0.2, -0.15) is 10.1 Å². The number of hydrogen-bond donors (Lipinski definition) is 1. The largest absolute Gasteiger partial charge is 0.332 e. The molecule has 0 saturated heterocycles. The van der Waals surface area contributed by atoms with Crippen LogP contribution < -0.4 is 5.56 Å². The Morgan fingerprint density at radius 2 is 1.85 bits per heavy atom. The molecular formula is C14H14N4O2. The molecule has 0 aliphatic carbocycles. The van der Waals surface area contributed by atoms with Crippen LogP contribution in [0.4, 0.5) is 0 Å². The van der Waals surface area contributed by atoms with E-state index in [1.807, 2.05) is 32.9 Å². The van der Waals surface area contributed by atoms with Crippen molar-refractivity contribution in [2.24, 2.45) is 0 Å². The molecule has 0 saturated carbocycles. The molecule has 1 aromatic carbocycles. The summed E-state index contributed by atoms with van der Waals surface area (Å²) in [6, 6.07) is 7.19. The van der Waals surface area contributed by atoms with Crippen molar-refractivity contribution in [1.82, 2.24) is 20.3 Å². The maximum absolute atomic E-state index is 11.7. The van der Waals surface area contributed by atoms with Crippen molar-refractivity contribution in [3.05, 3.63) is 40.4 Å². The smallest absolute Gasteiger partial charge is 0.279 e. The Bertz CT molecular complexity index is 827. The molecule has 6 heteroatoms. The lowest BCUT2D eigenvalue weighted by Gasteiger charge is -2.10. The van der Waals surface area contributed by atoms with E-state index in [1.165, 1.54) is 0 Å². The van der Waals surface area contributed by atoms with Gasteiger partial charge in [-0.25, -0.2) is 5.10 Å². The van der Waals surface area contributed by atoms with Gasteiger partial charge in [0.25, 0.3) is 11.4 Å². The minimum Gasteiger partial charge on any atom is -0.332 e. The number of benzene rings is 1. The third kappa shape index (κ3) is 1.99. The average Bonchev–Trinajstić information content (AvgIpc) is 2.89. The minimum atomic E-state index is -0.236. The van der Waals surface area contributed by atoms with Gasteiger partial charge in [-0.1, -0.05) is 44.1 Å². The van der Waals surface area contributed by atoms with E-state index in [0.717, 1.165) is 0 Å². The molecule has 0 fully saturated rings. The molecule has 6 nitrogen and oxygen atoms in total. The highest BCUT2D eigenvalue weighted by atomic mass is 16.5. The van der Waals surface area contributed by atoms with Crippen molar-refractivity contribution < 1.29 is 4.52 Å². The molecule has 0 aliphatic rings. The Labute approximate surface area is 114 Å². The van der Waals surface area contributed by atoms with Gasteiger partial charge in [0.15, 0.2) is 11.5 Å². The first-order valence-electron chi connectivity index (χ1n) is 6.29. The number of H-pyrrole nitrogens is 1. The van der Waals surface area contributed by atoms with Crippen LogP contribution in [0.3, 0.4) is 0 Å². The highest BCUT2D eigenvalue weighted by Gasteiger charge is 2.23. The second-order valence-corrected chi connectivity index (χ2v) is 5.62. The first-order chi connectivity index (χ1) is 9.47. The predicted molar refractivity (Wildman–Crippen MR) is 74.4 cm³/mol. The van der Waals surface area contributed by atoms with Crippen molar-refractivity contribution in [1.29, 1.82) is 0 Å². The molecule has 0 aliphatic heterocycles. The van der Waals surface area contributed by atoms with E-state index in [1.54, 1.807) is 12.1 Å². The van der Waals surface area contributed by atoms with Crippen LogP contribution in [0.1, 0.15) is 26.6 Å². The summed E-state index contributed by atoms with van der Waals surface area (Å²) in [5.41, 5.74) is 0.0443. The van der Waals surface area contributed by atoms with E-state index in [9.17, 15) is 4.79 Å². The summed E-state index contributed by atoms with van der Waals surface area (Å²) in [6.07, 6.45) is 0. The molecule has 102 valence electrons. The van der Waals surface area contributed by atoms with Gasteiger partial charge in [-0.05, 0) is 6.07 Å². The summed E-state index contributed by atoms with van der Waals surface area (Å²) in [4.78, 5) is 16.1. The molecule has 0 radical (unpaired) electrons. The van der Waals surface area contributed by atoms with Gasteiger partial charge in [-0.15, -0.1) is 0 Å². The van der Waals surface area contributed by atoms with Gasteiger partial charge in [0.1, 0.15) is 0 Å². The highest BCUT2D eigenvalue weighted by Crippen LogP contribution is 2.25. The molecule has 0 bridgehead atoms. The van der Waals surface area contributed by atoms with Crippen molar-refractivity contribution in [3.8, 4) is 11.6 Å². The van der Waals surface area contributed by atoms with Gasteiger partial charge in [0, 0.05) is 10.8 Å². The predicted octanol–water partition coefficient (Wildman–Crippen LogP) is 2.27. The second-order valence-electron chi connectivity index (χ2n) is 5.62. The fourth-order valence-corrected chi connectivity index (χ4v) is 1.90. The quantitative estimate of drug-likeness (QED) is 0.733. The fourth-order valence-electron chi connectivity index (χ4n) is 1.90. The van der Waals surface area contributed by atoms with Crippen LogP contribution in [0.25, 0.3) is 22.4 Å². The molecule has 2 aromatic heterocycles. The summed E-state index contributed by atoms with van der Waals surface area (Å²) in [5, 5.41) is 11.7. The third-order valence-electron chi connectivity index (χ3n) is 3.00. The first-order valence-corrected chi connectivity index (χ1v) is 6.29. The van der Waals surface area contributed by atoms with E-state index in [0.29, 0.717) is 28.2 Å². The van der Waals surface area contributed by atoms with Crippen LogP contribution in [-0.2, 0) is 5.41 Å². The van der Waals surface area contributed by atoms with Crippen molar-refractivity contribution in [3.63, 3.8) is 0 Å². The summed E-state index contributed by atoms with van der Waals surface area (Å²) in [6.45, 7) is 6.00. The molecule has 0 spiro atoms. The van der Waals surface area contributed by atoms with Crippen LogP contribution in [0.15, 0.2) is 33.6 Å². The number of aromatic nitrogens is 4. The SMILES string of the molecule is CC(C)(C)c1noc(-c2n[nH]c(=O)c3ccccc23)n1. The highest BCUT2D eigenvalue weighted by molar-refractivity contribution is 5.91. The molecule has 0 unspecified atom stereocenters. The number of nitrogens with one attached hydrogen (secondary N) is 1. The van der Waals surface area contributed by atoms with Crippen molar-refractivity contribution in [2.45, 2.75) is 26.2 Å². The molecule has 0 atom stereocenters. The average molecular weight is 270 g/mol. The number of rotatable bonds is 1. The number of hydrogen-bond acceptors (Lipinski definition) is 5. The molecular weight excluding hydrogens is 256 g/mol. The maximum atomic E-state index is 11.7. The lowest BCUT2D eigenvalue weighted by Crippen LogP contribution is -2.13. The van der Waals surface area contributed by atoms with Gasteiger partial charge in [-0.3, -0.25) is 4.79 Å². The first kappa shape index (κ1) is 12.5. The van der Waals surface area contributed by atoms with Crippen molar-refractivity contribution in [2.75, 3.05) is 0 Å². The number of nitrogens with zero attached hydrogens (tertiary/aromatic N) is 3. The Balaban J connectivity index is 2.23. The Hall–Kier alpha value is -2.50. The van der Waals surface area contributed by atoms with E-state index < -0.39 is 0 Å². The van der Waals surface area contributed by atoms with E-state index in [2.05, 4.69) is 20.3 Å². The molecule has 2 heterocycles. The summed E-state index contributed by atoms with van der Waals surface area (Å²) < 4.78 is 5.28. The Morgan fingerprint density at radius 1 is 1.15 bits per heavy atom. The van der Waals surface area contributed by atoms with Gasteiger partial charge in [0.2, 0.25) is 0 Å². The van der Waals surface area contributed by atoms with E-state index in [4.69, 9.17) is 4.52 Å². The summed E-state index contributed by atoms with van der Waals surface area (Å²) in [5.74, 6) is 0.909. The van der Waals surface area contributed by atoms with Gasteiger partial charge < -0.3 is 4.52 Å². The topological polar surface area (TPSA) is 84.7 Å².